The minimum absolute atomic E-state index is 0.181. The van der Waals surface area contributed by atoms with Crippen LogP contribution in [0.25, 0.3) is 0 Å². The molecular formula is C14H19N3O. The van der Waals surface area contributed by atoms with E-state index in [4.69, 9.17) is 0 Å². The van der Waals surface area contributed by atoms with Gasteiger partial charge in [0.15, 0.2) is 0 Å². The topological polar surface area (TPSA) is 35.6 Å². The van der Waals surface area contributed by atoms with Gasteiger partial charge in [-0.2, -0.15) is 0 Å². The Hall–Kier alpha value is -1.39. The highest BCUT2D eigenvalue weighted by atomic mass is 16.2. The van der Waals surface area contributed by atoms with Crippen LogP contribution in [-0.2, 0) is 6.54 Å². The maximum atomic E-state index is 12.2. The van der Waals surface area contributed by atoms with Crippen LogP contribution in [0.3, 0.4) is 0 Å². The molecule has 2 aliphatic heterocycles. The fourth-order valence-corrected chi connectivity index (χ4v) is 2.84. The minimum Gasteiger partial charge on any atom is -0.333 e. The molecule has 1 aromatic rings. The van der Waals surface area contributed by atoms with E-state index in [1.165, 1.54) is 0 Å². The van der Waals surface area contributed by atoms with E-state index < -0.39 is 0 Å². The summed E-state index contributed by atoms with van der Waals surface area (Å²) in [6.07, 6.45) is 0. The lowest BCUT2D eigenvalue weighted by Gasteiger charge is -2.33. The van der Waals surface area contributed by atoms with Crippen molar-refractivity contribution in [2.24, 2.45) is 0 Å². The minimum atomic E-state index is 0.181. The second kappa shape index (κ2) is 4.71. The van der Waals surface area contributed by atoms with Crippen molar-refractivity contribution < 1.29 is 4.79 Å². The summed E-state index contributed by atoms with van der Waals surface area (Å²) < 4.78 is 0. The second-order valence-electron chi connectivity index (χ2n) is 5.26. The number of benzene rings is 1. The fraction of sp³-hybridized carbons (Fsp3) is 0.500. The van der Waals surface area contributed by atoms with Crippen molar-refractivity contribution >= 4 is 5.91 Å². The van der Waals surface area contributed by atoms with E-state index >= 15 is 0 Å². The Morgan fingerprint density at radius 1 is 1.39 bits per heavy atom. The van der Waals surface area contributed by atoms with E-state index in [1.54, 1.807) is 0 Å². The van der Waals surface area contributed by atoms with Crippen LogP contribution in [-0.4, -0.2) is 55.0 Å². The molecule has 0 bridgehead atoms. The molecule has 0 aliphatic carbocycles. The number of likely N-dealkylation sites (N-methyl/N-ethyl adjacent to an activating group) is 1. The van der Waals surface area contributed by atoms with Crippen molar-refractivity contribution in [3.8, 4) is 0 Å². The van der Waals surface area contributed by atoms with Crippen LogP contribution in [0.5, 0.6) is 0 Å². The smallest absolute Gasteiger partial charge is 0.254 e. The standard InChI is InChI=1S/C14H19N3O/c1-16-7-6-15-12(9-16)10-17-8-11-4-2-3-5-13(11)14(17)18/h2-5,12,15H,6-10H2,1H3. The third kappa shape index (κ3) is 2.13. The molecule has 0 spiro atoms. The summed E-state index contributed by atoms with van der Waals surface area (Å²) in [6.45, 7) is 4.68. The van der Waals surface area contributed by atoms with Gasteiger partial charge in [0.1, 0.15) is 0 Å². The van der Waals surface area contributed by atoms with Gasteiger partial charge in [0.2, 0.25) is 0 Å². The highest BCUT2D eigenvalue weighted by Crippen LogP contribution is 2.22. The molecule has 1 atom stereocenters. The van der Waals surface area contributed by atoms with Gasteiger partial charge in [0.25, 0.3) is 5.91 Å². The van der Waals surface area contributed by atoms with Crippen LogP contribution in [0.4, 0.5) is 0 Å². The van der Waals surface area contributed by atoms with E-state index in [-0.39, 0.29) is 5.91 Å². The molecular weight excluding hydrogens is 226 g/mol. The zero-order valence-electron chi connectivity index (χ0n) is 10.7. The van der Waals surface area contributed by atoms with Crippen molar-refractivity contribution in [2.75, 3.05) is 33.2 Å². The number of fused-ring (bicyclic) bond motifs is 1. The van der Waals surface area contributed by atoms with Crippen molar-refractivity contribution in [1.29, 1.82) is 0 Å². The summed E-state index contributed by atoms with van der Waals surface area (Å²) in [5, 5.41) is 3.49. The summed E-state index contributed by atoms with van der Waals surface area (Å²) in [5.41, 5.74) is 2.04. The molecule has 0 aromatic heterocycles. The maximum absolute atomic E-state index is 12.2. The van der Waals surface area contributed by atoms with Crippen molar-refractivity contribution in [2.45, 2.75) is 12.6 Å². The Morgan fingerprint density at radius 2 is 2.22 bits per heavy atom. The Labute approximate surface area is 108 Å². The summed E-state index contributed by atoms with van der Waals surface area (Å²) in [4.78, 5) is 16.5. The highest BCUT2D eigenvalue weighted by Gasteiger charge is 2.29. The SMILES string of the molecule is CN1CCNC(CN2Cc3ccccc3C2=O)C1. The molecule has 0 saturated carbocycles. The number of rotatable bonds is 2. The molecule has 1 N–H and O–H groups in total. The number of nitrogens with one attached hydrogen (secondary N) is 1. The Morgan fingerprint density at radius 3 is 3.00 bits per heavy atom. The van der Waals surface area contributed by atoms with Gasteiger partial charge in [-0.05, 0) is 18.7 Å². The van der Waals surface area contributed by atoms with Gasteiger partial charge in [-0.3, -0.25) is 4.79 Å². The molecule has 1 unspecified atom stereocenters. The van der Waals surface area contributed by atoms with Gasteiger partial charge in [0, 0.05) is 44.3 Å². The van der Waals surface area contributed by atoms with Gasteiger partial charge >= 0.3 is 0 Å². The van der Waals surface area contributed by atoms with Crippen LogP contribution in [0.1, 0.15) is 15.9 Å². The molecule has 1 fully saturated rings. The van der Waals surface area contributed by atoms with Gasteiger partial charge in [0.05, 0.1) is 0 Å². The first kappa shape index (κ1) is 11.7. The number of amides is 1. The third-order valence-electron chi connectivity index (χ3n) is 3.80. The molecule has 1 aromatic carbocycles. The lowest BCUT2D eigenvalue weighted by atomic mass is 10.1. The zero-order valence-corrected chi connectivity index (χ0v) is 10.7. The summed E-state index contributed by atoms with van der Waals surface area (Å²) in [6, 6.07) is 8.31. The molecule has 4 heteroatoms. The molecule has 18 heavy (non-hydrogen) atoms. The summed E-state index contributed by atoms with van der Waals surface area (Å²) in [7, 11) is 2.13. The number of hydrogen-bond donors (Lipinski definition) is 1. The first-order chi connectivity index (χ1) is 8.74. The highest BCUT2D eigenvalue weighted by molar-refractivity contribution is 5.98. The van der Waals surface area contributed by atoms with Gasteiger partial charge in [-0.25, -0.2) is 0 Å². The van der Waals surface area contributed by atoms with Crippen molar-refractivity contribution in [3.63, 3.8) is 0 Å². The van der Waals surface area contributed by atoms with Crippen LogP contribution >= 0.6 is 0 Å². The first-order valence-electron chi connectivity index (χ1n) is 6.53. The lowest BCUT2D eigenvalue weighted by molar-refractivity contribution is 0.0742. The number of hydrogen-bond acceptors (Lipinski definition) is 3. The normalized spacial score (nSPS) is 24.4. The van der Waals surface area contributed by atoms with E-state index in [0.29, 0.717) is 6.04 Å². The van der Waals surface area contributed by atoms with Crippen LogP contribution in [0, 0.1) is 0 Å². The van der Waals surface area contributed by atoms with Crippen molar-refractivity contribution in [3.05, 3.63) is 35.4 Å². The predicted octanol–water partition coefficient (Wildman–Crippen LogP) is 0.546. The molecule has 4 nitrogen and oxygen atoms in total. The average Bonchev–Trinajstić information content (AvgIpc) is 2.67. The predicted molar refractivity (Wildman–Crippen MR) is 70.5 cm³/mol. The number of carbonyl (C=O) groups is 1. The molecule has 3 rings (SSSR count). The number of piperazine rings is 1. The lowest BCUT2D eigenvalue weighted by Crippen LogP contribution is -2.53. The first-order valence-corrected chi connectivity index (χ1v) is 6.53. The molecule has 1 amide bonds. The monoisotopic (exact) mass is 245 g/mol. The quantitative estimate of drug-likeness (QED) is 0.826. The Balaban J connectivity index is 1.67. The Kier molecular flexibility index (Phi) is 3.06. The molecule has 96 valence electrons. The largest absolute Gasteiger partial charge is 0.333 e. The van der Waals surface area contributed by atoms with Gasteiger partial charge < -0.3 is 15.1 Å². The van der Waals surface area contributed by atoms with Crippen LogP contribution < -0.4 is 5.32 Å². The molecule has 2 heterocycles. The van der Waals surface area contributed by atoms with Gasteiger partial charge in [-0.15, -0.1) is 0 Å². The van der Waals surface area contributed by atoms with Crippen LogP contribution in [0.15, 0.2) is 24.3 Å². The summed E-state index contributed by atoms with van der Waals surface area (Å²) in [5.74, 6) is 0.181. The van der Waals surface area contributed by atoms with E-state index in [2.05, 4.69) is 17.3 Å². The van der Waals surface area contributed by atoms with Gasteiger partial charge in [-0.1, -0.05) is 18.2 Å². The maximum Gasteiger partial charge on any atom is 0.254 e. The molecule has 0 radical (unpaired) electrons. The van der Waals surface area contributed by atoms with Crippen LogP contribution in [0.2, 0.25) is 0 Å². The molecule has 1 saturated heterocycles. The molecule has 2 aliphatic rings. The third-order valence-corrected chi connectivity index (χ3v) is 3.80. The van der Waals surface area contributed by atoms with E-state index in [0.717, 1.165) is 43.9 Å². The van der Waals surface area contributed by atoms with E-state index in [1.807, 2.05) is 29.2 Å². The number of carbonyl (C=O) groups excluding carboxylic acids is 1. The zero-order chi connectivity index (χ0) is 12.5. The fourth-order valence-electron chi connectivity index (χ4n) is 2.84. The van der Waals surface area contributed by atoms with Crippen molar-refractivity contribution in [1.82, 2.24) is 15.1 Å². The van der Waals surface area contributed by atoms with E-state index in [9.17, 15) is 4.79 Å². The Bertz CT molecular complexity index is 460. The summed E-state index contributed by atoms with van der Waals surface area (Å²) >= 11 is 0. The average molecular weight is 245 g/mol. The second-order valence-corrected chi connectivity index (χ2v) is 5.26. The number of nitrogens with zero attached hydrogens (tertiary/aromatic N) is 2.